The van der Waals surface area contributed by atoms with E-state index in [0.717, 1.165) is 0 Å². The minimum atomic E-state index is -0.287. The molecule has 0 unspecified atom stereocenters. The van der Waals surface area contributed by atoms with Crippen LogP contribution in [-0.4, -0.2) is 84.0 Å². The van der Waals surface area contributed by atoms with Gasteiger partial charge in [0.2, 0.25) is 11.8 Å². The van der Waals surface area contributed by atoms with E-state index in [1.165, 1.54) is 11.8 Å². The number of piperazine rings is 1. The lowest BCUT2D eigenvalue weighted by atomic mass is 10.1. The van der Waals surface area contributed by atoms with E-state index in [2.05, 4.69) is 10.2 Å². The Balaban J connectivity index is 2.23. The van der Waals surface area contributed by atoms with Crippen LogP contribution >= 0.6 is 11.8 Å². The van der Waals surface area contributed by atoms with Crippen LogP contribution in [-0.2, 0) is 19.1 Å². The van der Waals surface area contributed by atoms with Crippen LogP contribution in [0.3, 0.4) is 0 Å². The Morgan fingerprint density at radius 3 is 2.25 bits per heavy atom. The van der Waals surface area contributed by atoms with Crippen molar-refractivity contribution in [3.63, 3.8) is 0 Å². The van der Waals surface area contributed by atoms with E-state index in [0.29, 0.717) is 39.3 Å². The monoisotopic (exact) mass is 359 g/mol. The van der Waals surface area contributed by atoms with Crippen molar-refractivity contribution in [2.24, 2.45) is 0 Å². The Bertz CT molecular complexity index is 443. The van der Waals surface area contributed by atoms with Crippen molar-refractivity contribution in [1.82, 2.24) is 15.1 Å². The quantitative estimate of drug-likeness (QED) is 0.661. The molecule has 1 rings (SSSR count). The van der Waals surface area contributed by atoms with E-state index in [1.54, 1.807) is 11.8 Å². The van der Waals surface area contributed by atoms with Gasteiger partial charge >= 0.3 is 5.97 Å². The molecule has 2 amide bonds. The van der Waals surface area contributed by atoms with E-state index >= 15 is 0 Å². The predicted molar refractivity (Wildman–Crippen MR) is 94.9 cm³/mol. The second-order valence-electron chi connectivity index (χ2n) is 6.75. The smallest absolute Gasteiger partial charge is 0.315 e. The molecule has 1 heterocycles. The van der Waals surface area contributed by atoms with Gasteiger partial charge in [0.1, 0.15) is 0 Å². The van der Waals surface area contributed by atoms with Crippen LogP contribution in [0.25, 0.3) is 0 Å². The Hall–Kier alpha value is -1.28. The summed E-state index contributed by atoms with van der Waals surface area (Å²) in [5.41, 5.74) is -0.231. The molecule has 1 aliphatic rings. The summed E-state index contributed by atoms with van der Waals surface area (Å²) in [7, 11) is 0. The van der Waals surface area contributed by atoms with Crippen molar-refractivity contribution in [1.29, 1.82) is 0 Å². The first-order chi connectivity index (χ1) is 11.2. The number of esters is 1. The maximum absolute atomic E-state index is 12.1. The third kappa shape index (κ3) is 8.54. The highest BCUT2D eigenvalue weighted by molar-refractivity contribution is 8.00. The zero-order valence-corrected chi connectivity index (χ0v) is 15.9. The Labute approximate surface area is 148 Å². The minimum Gasteiger partial charge on any atom is -0.465 e. The number of amides is 2. The molecule has 0 aromatic carbocycles. The first kappa shape index (κ1) is 20.8. The molecule has 0 spiro atoms. The summed E-state index contributed by atoms with van der Waals surface area (Å²) < 4.78 is 4.83. The van der Waals surface area contributed by atoms with Crippen LogP contribution in [0.1, 0.15) is 27.7 Å². The fourth-order valence-corrected chi connectivity index (χ4v) is 3.04. The van der Waals surface area contributed by atoms with E-state index in [1.807, 2.05) is 20.8 Å². The summed E-state index contributed by atoms with van der Waals surface area (Å²) in [5, 5.41) is 2.94. The minimum absolute atomic E-state index is 0.00673. The number of rotatable bonds is 7. The number of nitrogens with one attached hydrogen (secondary N) is 1. The van der Waals surface area contributed by atoms with Crippen molar-refractivity contribution in [2.45, 2.75) is 33.2 Å². The number of thioether (sulfide) groups is 1. The van der Waals surface area contributed by atoms with Gasteiger partial charge in [0.15, 0.2) is 0 Å². The molecular weight excluding hydrogens is 330 g/mol. The highest BCUT2D eigenvalue weighted by Crippen LogP contribution is 2.08. The van der Waals surface area contributed by atoms with Crippen molar-refractivity contribution in [3.05, 3.63) is 0 Å². The van der Waals surface area contributed by atoms with Gasteiger partial charge in [0.25, 0.3) is 0 Å². The lowest BCUT2D eigenvalue weighted by Gasteiger charge is -2.34. The van der Waals surface area contributed by atoms with Crippen molar-refractivity contribution in [3.8, 4) is 0 Å². The fourth-order valence-electron chi connectivity index (χ4n) is 2.33. The molecule has 0 aliphatic carbocycles. The molecule has 1 aliphatic heterocycles. The molecule has 8 heteroatoms. The average Bonchev–Trinajstić information content (AvgIpc) is 2.46. The van der Waals surface area contributed by atoms with Gasteiger partial charge in [0.05, 0.1) is 24.7 Å². The summed E-state index contributed by atoms with van der Waals surface area (Å²) in [6.45, 7) is 10.9. The van der Waals surface area contributed by atoms with Crippen LogP contribution in [0, 0.1) is 0 Å². The summed E-state index contributed by atoms with van der Waals surface area (Å²) in [6.07, 6.45) is 0. The van der Waals surface area contributed by atoms with Gasteiger partial charge in [-0.25, -0.2) is 0 Å². The summed E-state index contributed by atoms with van der Waals surface area (Å²) in [5.74, 6) is 0.232. The number of hydrogen-bond donors (Lipinski definition) is 1. The van der Waals surface area contributed by atoms with Gasteiger partial charge in [-0.2, -0.15) is 0 Å². The number of carbonyl (C=O) groups excluding carboxylic acids is 3. The number of ether oxygens (including phenoxy) is 1. The van der Waals surface area contributed by atoms with Gasteiger partial charge in [-0.05, 0) is 27.7 Å². The van der Waals surface area contributed by atoms with Crippen LogP contribution in [0.5, 0.6) is 0 Å². The van der Waals surface area contributed by atoms with Crippen molar-refractivity contribution >= 4 is 29.5 Å². The van der Waals surface area contributed by atoms with Crippen molar-refractivity contribution < 1.29 is 19.1 Å². The molecule has 0 atom stereocenters. The molecule has 0 saturated carbocycles. The molecule has 138 valence electrons. The third-order valence-electron chi connectivity index (χ3n) is 3.36. The molecule has 0 aromatic heterocycles. The standard InChI is InChI=1S/C16H29N3O4S/c1-5-23-15(22)12-24-11-14(21)19-8-6-18(7-9-19)10-13(20)17-16(2,3)4/h5-12H2,1-4H3,(H,17,20). The second-order valence-corrected chi connectivity index (χ2v) is 7.74. The summed E-state index contributed by atoms with van der Waals surface area (Å²) >= 11 is 1.28. The molecule has 1 fully saturated rings. The number of hydrogen-bond acceptors (Lipinski definition) is 6. The van der Waals surface area contributed by atoms with Crippen LogP contribution in [0.15, 0.2) is 0 Å². The van der Waals surface area contributed by atoms with Gasteiger partial charge in [-0.15, -0.1) is 11.8 Å². The van der Waals surface area contributed by atoms with E-state index in [4.69, 9.17) is 4.74 Å². The lowest BCUT2D eigenvalue weighted by Crippen LogP contribution is -2.53. The number of carbonyl (C=O) groups is 3. The maximum atomic E-state index is 12.1. The van der Waals surface area contributed by atoms with Gasteiger partial charge in [0, 0.05) is 31.7 Å². The number of nitrogens with zero attached hydrogens (tertiary/aromatic N) is 2. The summed E-state index contributed by atoms with van der Waals surface area (Å²) in [4.78, 5) is 39.1. The lowest BCUT2D eigenvalue weighted by molar-refractivity contribution is -0.139. The molecule has 7 nitrogen and oxygen atoms in total. The largest absolute Gasteiger partial charge is 0.465 e. The molecule has 0 radical (unpaired) electrons. The second kappa shape index (κ2) is 9.88. The Morgan fingerprint density at radius 1 is 1.08 bits per heavy atom. The van der Waals surface area contributed by atoms with E-state index < -0.39 is 0 Å². The first-order valence-electron chi connectivity index (χ1n) is 8.26. The Morgan fingerprint density at radius 2 is 1.71 bits per heavy atom. The van der Waals surface area contributed by atoms with Crippen molar-refractivity contribution in [2.75, 3.05) is 50.8 Å². The van der Waals surface area contributed by atoms with Crippen LogP contribution < -0.4 is 5.32 Å². The first-order valence-corrected chi connectivity index (χ1v) is 9.41. The third-order valence-corrected chi connectivity index (χ3v) is 4.25. The molecular formula is C16H29N3O4S. The SMILES string of the molecule is CCOC(=O)CSCC(=O)N1CCN(CC(=O)NC(C)(C)C)CC1. The average molecular weight is 359 g/mol. The highest BCUT2D eigenvalue weighted by Gasteiger charge is 2.23. The normalized spacial score (nSPS) is 15.9. The zero-order valence-electron chi connectivity index (χ0n) is 15.1. The van der Waals surface area contributed by atoms with Gasteiger partial charge < -0.3 is 15.0 Å². The molecule has 0 bridgehead atoms. The highest BCUT2D eigenvalue weighted by atomic mass is 32.2. The van der Waals surface area contributed by atoms with Crippen LogP contribution in [0.2, 0.25) is 0 Å². The molecule has 1 N–H and O–H groups in total. The van der Waals surface area contributed by atoms with E-state index in [9.17, 15) is 14.4 Å². The fraction of sp³-hybridized carbons (Fsp3) is 0.812. The maximum Gasteiger partial charge on any atom is 0.315 e. The predicted octanol–water partition coefficient (Wildman–Crippen LogP) is 0.342. The topological polar surface area (TPSA) is 79.0 Å². The summed E-state index contributed by atoms with van der Waals surface area (Å²) in [6, 6.07) is 0. The molecule has 1 saturated heterocycles. The van der Waals surface area contributed by atoms with Gasteiger partial charge in [-0.3, -0.25) is 19.3 Å². The van der Waals surface area contributed by atoms with E-state index in [-0.39, 0.29) is 34.8 Å². The van der Waals surface area contributed by atoms with Gasteiger partial charge in [-0.1, -0.05) is 0 Å². The Kier molecular flexibility index (Phi) is 8.55. The van der Waals surface area contributed by atoms with Crippen LogP contribution in [0.4, 0.5) is 0 Å². The zero-order chi connectivity index (χ0) is 18.2. The molecule has 0 aromatic rings. The molecule has 24 heavy (non-hydrogen) atoms.